The van der Waals surface area contributed by atoms with Crippen LogP contribution in [-0.4, -0.2) is 15.0 Å². The second-order valence-corrected chi connectivity index (χ2v) is 4.71. The van der Waals surface area contributed by atoms with E-state index in [1.54, 1.807) is 12.4 Å². The molecular formula is C13H10N4S. The molecule has 2 N–H and O–H groups in total. The van der Waals surface area contributed by atoms with Gasteiger partial charge < -0.3 is 5.73 Å². The average molecular weight is 254 g/mol. The van der Waals surface area contributed by atoms with Crippen LogP contribution >= 0.6 is 11.8 Å². The molecule has 1 aromatic carbocycles. The lowest BCUT2D eigenvalue weighted by Gasteiger charge is -2.03. The first-order valence-electron chi connectivity index (χ1n) is 5.43. The number of aromatic nitrogens is 3. The molecule has 0 saturated heterocycles. The van der Waals surface area contributed by atoms with Gasteiger partial charge in [-0.05, 0) is 36.0 Å². The highest BCUT2D eigenvalue weighted by Gasteiger charge is 2.05. The predicted octanol–water partition coefficient (Wildman–Crippen LogP) is 2.76. The van der Waals surface area contributed by atoms with Crippen molar-refractivity contribution >= 4 is 28.5 Å². The molecule has 4 nitrogen and oxygen atoms in total. The molecule has 0 spiro atoms. The number of benzene rings is 1. The molecule has 5 heteroatoms. The van der Waals surface area contributed by atoms with E-state index in [2.05, 4.69) is 15.0 Å². The van der Waals surface area contributed by atoms with Crippen molar-refractivity contribution in [1.29, 1.82) is 0 Å². The van der Waals surface area contributed by atoms with Crippen molar-refractivity contribution in [3.05, 3.63) is 48.8 Å². The number of fused-ring (bicyclic) bond motifs is 1. The van der Waals surface area contributed by atoms with E-state index >= 15 is 0 Å². The summed E-state index contributed by atoms with van der Waals surface area (Å²) in [5, 5.41) is 1.54. The largest absolute Gasteiger partial charge is 0.397 e. The maximum Gasteiger partial charge on any atom is 0.125 e. The maximum absolute atomic E-state index is 5.85. The van der Waals surface area contributed by atoms with Gasteiger partial charge in [-0.1, -0.05) is 12.1 Å². The van der Waals surface area contributed by atoms with Crippen molar-refractivity contribution in [2.75, 3.05) is 5.73 Å². The van der Waals surface area contributed by atoms with Gasteiger partial charge in [0, 0.05) is 6.20 Å². The van der Waals surface area contributed by atoms with Crippen LogP contribution in [0.3, 0.4) is 0 Å². The van der Waals surface area contributed by atoms with Gasteiger partial charge in [-0.3, -0.25) is 4.98 Å². The quantitative estimate of drug-likeness (QED) is 0.761. The predicted molar refractivity (Wildman–Crippen MR) is 72.3 cm³/mol. The van der Waals surface area contributed by atoms with Gasteiger partial charge in [0.25, 0.3) is 0 Å². The zero-order chi connectivity index (χ0) is 12.4. The standard InChI is InChI=1S/C13H10N4S/c14-9-4-3-7-15-13(9)18-12-8-16-10-5-1-2-6-11(10)17-12/h1-8H,14H2. The Hall–Kier alpha value is -2.14. The SMILES string of the molecule is Nc1cccnc1Sc1cnc2ccccc2n1. The number of pyridine rings is 1. The molecule has 18 heavy (non-hydrogen) atoms. The average Bonchev–Trinajstić information content (AvgIpc) is 2.41. The lowest BCUT2D eigenvalue weighted by atomic mass is 10.3. The molecule has 0 aliphatic heterocycles. The number of nitrogens with two attached hydrogens (primary N) is 1. The van der Waals surface area contributed by atoms with Crippen LogP contribution in [0.2, 0.25) is 0 Å². The van der Waals surface area contributed by atoms with E-state index in [9.17, 15) is 0 Å². The third-order valence-corrected chi connectivity index (χ3v) is 3.37. The highest BCUT2D eigenvalue weighted by atomic mass is 32.2. The number of hydrogen-bond donors (Lipinski definition) is 1. The molecule has 0 atom stereocenters. The summed E-state index contributed by atoms with van der Waals surface area (Å²) in [6, 6.07) is 11.4. The lowest BCUT2D eigenvalue weighted by Crippen LogP contribution is -1.92. The third kappa shape index (κ3) is 2.12. The molecule has 0 saturated carbocycles. The molecule has 0 unspecified atom stereocenters. The smallest absolute Gasteiger partial charge is 0.125 e. The minimum atomic E-state index is 0.650. The molecule has 2 heterocycles. The fourth-order valence-corrected chi connectivity index (χ4v) is 2.32. The van der Waals surface area contributed by atoms with Crippen molar-refractivity contribution in [3.8, 4) is 0 Å². The minimum absolute atomic E-state index is 0.650. The molecular weight excluding hydrogens is 244 g/mol. The normalized spacial score (nSPS) is 10.7. The van der Waals surface area contributed by atoms with Crippen LogP contribution in [0.1, 0.15) is 0 Å². The highest BCUT2D eigenvalue weighted by molar-refractivity contribution is 7.99. The first-order valence-corrected chi connectivity index (χ1v) is 6.25. The van der Waals surface area contributed by atoms with E-state index in [4.69, 9.17) is 5.73 Å². The zero-order valence-electron chi connectivity index (χ0n) is 9.45. The third-order valence-electron chi connectivity index (χ3n) is 2.43. The van der Waals surface area contributed by atoms with Crippen LogP contribution in [0.25, 0.3) is 11.0 Å². The Balaban J connectivity index is 1.98. The molecule has 0 fully saturated rings. The summed E-state index contributed by atoms with van der Waals surface area (Å²) >= 11 is 1.42. The summed E-state index contributed by atoms with van der Waals surface area (Å²) in [5.41, 5.74) is 8.26. The van der Waals surface area contributed by atoms with Crippen LogP contribution in [0.4, 0.5) is 5.69 Å². The molecule has 88 valence electrons. The topological polar surface area (TPSA) is 64.7 Å². The van der Waals surface area contributed by atoms with Crippen LogP contribution in [-0.2, 0) is 0 Å². The van der Waals surface area contributed by atoms with Crippen molar-refractivity contribution in [2.45, 2.75) is 10.1 Å². The molecule has 0 aliphatic carbocycles. The number of para-hydroxylation sites is 2. The number of hydrogen-bond acceptors (Lipinski definition) is 5. The molecule has 0 radical (unpaired) electrons. The maximum atomic E-state index is 5.85. The van der Waals surface area contributed by atoms with E-state index in [0.717, 1.165) is 21.1 Å². The fourth-order valence-electron chi connectivity index (χ4n) is 1.58. The van der Waals surface area contributed by atoms with E-state index in [0.29, 0.717) is 5.69 Å². The van der Waals surface area contributed by atoms with Crippen molar-refractivity contribution < 1.29 is 0 Å². The fraction of sp³-hybridized carbons (Fsp3) is 0. The first kappa shape index (κ1) is 11.0. The summed E-state index contributed by atoms with van der Waals surface area (Å²) < 4.78 is 0. The van der Waals surface area contributed by atoms with Gasteiger partial charge in [-0.25, -0.2) is 9.97 Å². The van der Waals surface area contributed by atoms with Gasteiger partial charge in [-0.15, -0.1) is 0 Å². The summed E-state index contributed by atoms with van der Waals surface area (Å²) in [6.07, 6.45) is 3.45. The van der Waals surface area contributed by atoms with E-state index in [1.807, 2.05) is 36.4 Å². The van der Waals surface area contributed by atoms with Crippen LogP contribution < -0.4 is 5.73 Å². The van der Waals surface area contributed by atoms with Crippen LogP contribution in [0, 0.1) is 0 Å². The Morgan fingerprint density at radius 1 is 0.944 bits per heavy atom. The molecule has 0 amide bonds. The Morgan fingerprint density at radius 3 is 2.61 bits per heavy atom. The summed E-state index contributed by atoms with van der Waals surface area (Å²) in [4.78, 5) is 13.1. The molecule has 3 rings (SSSR count). The number of anilines is 1. The van der Waals surface area contributed by atoms with Crippen molar-refractivity contribution in [2.24, 2.45) is 0 Å². The first-order chi connectivity index (χ1) is 8.83. The van der Waals surface area contributed by atoms with Crippen molar-refractivity contribution in [3.63, 3.8) is 0 Å². The van der Waals surface area contributed by atoms with Gasteiger partial charge in [-0.2, -0.15) is 0 Å². The molecule has 0 aliphatic rings. The second-order valence-electron chi connectivity index (χ2n) is 3.70. The number of nitrogens with zero attached hydrogens (tertiary/aromatic N) is 3. The van der Waals surface area contributed by atoms with Crippen LogP contribution in [0.15, 0.2) is 58.8 Å². The zero-order valence-corrected chi connectivity index (χ0v) is 10.3. The van der Waals surface area contributed by atoms with Gasteiger partial charge in [0.2, 0.25) is 0 Å². The van der Waals surface area contributed by atoms with Crippen molar-refractivity contribution in [1.82, 2.24) is 15.0 Å². The number of nitrogen functional groups attached to an aromatic ring is 1. The highest BCUT2D eigenvalue weighted by Crippen LogP contribution is 2.28. The van der Waals surface area contributed by atoms with Gasteiger partial charge >= 0.3 is 0 Å². The van der Waals surface area contributed by atoms with E-state index in [-0.39, 0.29) is 0 Å². The van der Waals surface area contributed by atoms with Gasteiger partial charge in [0.1, 0.15) is 10.1 Å². The van der Waals surface area contributed by atoms with E-state index in [1.165, 1.54) is 11.8 Å². The van der Waals surface area contributed by atoms with Crippen LogP contribution in [0.5, 0.6) is 0 Å². The molecule has 0 bridgehead atoms. The monoisotopic (exact) mass is 254 g/mol. The molecule has 2 aromatic heterocycles. The van der Waals surface area contributed by atoms with Gasteiger partial charge in [0.15, 0.2) is 0 Å². The summed E-state index contributed by atoms with van der Waals surface area (Å²) in [6.45, 7) is 0. The lowest BCUT2D eigenvalue weighted by molar-refractivity contribution is 1.09. The summed E-state index contributed by atoms with van der Waals surface area (Å²) in [5.74, 6) is 0. The molecule has 3 aromatic rings. The Morgan fingerprint density at radius 2 is 1.78 bits per heavy atom. The number of rotatable bonds is 2. The Kier molecular flexibility index (Phi) is 2.82. The summed E-state index contributed by atoms with van der Waals surface area (Å²) in [7, 11) is 0. The Labute approximate surface area is 108 Å². The Bertz CT molecular complexity index is 699. The van der Waals surface area contributed by atoms with E-state index < -0.39 is 0 Å². The second kappa shape index (κ2) is 4.62. The van der Waals surface area contributed by atoms with Gasteiger partial charge in [0.05, 0.1) is 22.9 Å². The minimum Gasteiger partial charge on any atom is -0.397 e.